The van der Waals surface area contributed by atoms with Gasteiger partial charge in [0.15, 0.2) is 0 Å². The molecule has 2 aliphatic heterocycles. The number of carbonyl (C=O) groups excluding carboxylic acids is 1. The van der Waals surface area contributed by atoms with Crippen LogP contribution < -0.4 is 10.9 Å². The number of fused-ring (bicyclic) bond motifs is 4. The van der Waals surface area contributed by atoms with Gasteiger partial charge in [0.05, 0.1) is 18.6 Å². The van der Waals surface area contributed by atoms with Gasteiger partial charge in [0.2, 0.25) is 5.91 Å². The molecular formula is C22H32N6O2. The summed E-state index contributed by atoms with van der Waals surface area (Å²) >= 11 is 0. The van der Waals surface area contributed by atoms with Gasteiger partial charge in [0.25, 0.3) is 5.56 Å². The molecule has 1 amide bonds. The standard InChI is InChI=1S/C22H32N6O2/c1-4-26-12-19(24-15-26)13-27-8-16-7-18(11-27)20-6-5-17(22(30)28(20)9-16)10-25(3)14-21(29)23-2/h5-6,12,15-16,18H,4,7-11,13-14H2,1-3H3,(H,23,29)/t16-,18+/m0/s1. The molecule has 1 saturated heterocycles. The van der Waals surface area contributed by atoms with Crippen LogP contribution in [0.25, 0.3) is 0 Å². The van der Waals surface area contributed by atoms with Gasteiger partial charge in [-0.25, -0.2) is 4.98 Å². The molecule has 1 fully saturated rings. The van der Waals surface area contributed by atoms with Crippen molar-refractivity contribution in [2.75, 3.05) is 33.7 Å². The van der Waals surface area contributed by atoms with E-state index in [1.165, 1.54) is 0 Å². The summed E-state index contributed by atoms with van der Waals surface area (Å²) in [6, 6.07) is 4.08. The number of amides is 1. The maximum absolute atomic E-state index is 13.2. The molecule has 0 aromatic carbocycles. The molecule has 8 nitrogen and oxygen atoms in total. The third kappa shape index (κ3) is 4.34. The van der Waals surface area contributed by atoms with Gasteiger partial charge in [-0.3, -0.25) is 19.4 Å². The fourth-order valence-electron chi connectivity index (χ4n) is 4.90. The van der Waals surface area contributed by atoms with E-state index < -0.39 is 0 Å². The third-order valence-electron chi connectivity index (χ3n) is 6.33. The number of piperidine rings is 1. The molecule has 2 aromatic rings. The van der Waals surface area contributed by atoms with Gasteiger partial charge in [-0.1, -0.05) is 6.07 Å². The number of nitrogens with zero attached hydrogens (tertiary/aromatic N) is 5. The van der Waals surface area contributed by atoms with Gasteiger partial charge >= 0.3 is 0 Å². The van der Waals surface area contributed by atoms with Gasteiger partial charge in [0.1, 0.15) is 0 Å². The molecule has 2 bridgehead atoms. The number of likely N-dealkylation sites (tertiary alicyclic amines) is 1. The summed E-state index contributed by atoms with van der Waals surface area (Å²) in [6.07, 6.45) is 5.18. The van der Waals surface area contributed by atoms with E-state index >= 15 is 0 Å². The second-order valence-corrected chi connectivity index (χ2v) is 8.73. The number of likely N-dealkylation sites (N-methyl/N-ethyl adjacent to an activating group) is 2. The van der Waals surface area contributed by atoms with Crippen LogP contribution in [0.3, 0.4) is 0 Å². The largest absolute Gasteiger partial charge is 0.358 e. The zero-order chi connectivity index (χ0) is 21.3. The molecule has 0 spiro atoms. The number of hydrogen-bond acceptors (Lipinski definition) is 5. The molecule has 4 heterocycles. The molecule has 2 atom stereocenters. The summed E-state index contributed by atoms with van der Waals surface area (Å²) in [5.74, 6) is 0.825. The lowest BCUT2D eigenvalue weighted by atomic mass is 9.83. The lowest BCUT2D eigenvalue weighted by molar-refractivity contribution is -0.121. The maximum atomic E-state index is 13.2. The van der Waals surface area contributed by atoms with E-state index in [1.54, 1.807) is 7.05 Å². The van der Waals surface area contributed by atoms with Crippen LogP contribution in [0.1, 0.15) is 36.2 Å². The number of pyridine rings is 1. The van der Waals surface area contributed by atoms with Crippen LogP contribution in [0.15, 0.2) is 29.5 Å². The second kappa shape index (κ2) is 8.73. The van der Waals surface area contributed by atoms with E-state index in [0.29, 0.717) is 18.4 Å². The fourth-order valence-corrected chi connectivity index (χ4v) is 4.90. The first-order chi connectivity index (χ1) is 14.5. The Balaban J connectivity index is 1.48. The quantitative estimate of drug-likeness (QED) is 0.730. The van der Waals surface area contributed by atoms with Crippen LogP contribution in [0.4, 0.5) is 0 Å². The molecule has 0 aliphatic carbocycles. The lowest BCUT2D eigenvalue weighted by Gasteiger charge is -2.42. The lowest BCUT2D eigenvalue weighted by Crippen LogP contribution is -2.47. The van der Waals surface area contributed by atoms with Crippen LogP contribution in [0.2, 0.25) is 0 Å². The molecule has 0 unspecified atom stereocenters. The van der Waals surface area contributed by atoms with Gasteiger partial charge in [-0.15, -0.1) is 0 Å². The number of imidazole rings is 1. The van der Waals surface area contributed by atoms with Crippen molar-refractivity contribution >= 4 is 5.91 Å². The minimum absolute atomic E-state index is 0.0473. The predicted molar refractivity (Wildman–Crippen MR) is 115 cm³/mol. The Kier molecular flexibility index (Phi) is 6.06. The Morgan fingerprint density at radius 3 is 2.87 bits per heavy atom. The molecule has 0 radical (unpaired) electrons. The Labute approximate surface area is 177 Å². The summed E-state index contributed by atoms with van der Waals surface area (Å²) in [5, 5.41) is 2.62. The van der Waals surface area contributed by atoms with Crippen LogP contribution in [0.5, 0.6) is 0 Å². The first kappa shape index (κ1) is 20.8. The highest BCUT2D eigenvalue weighted by Crippen LogP contribution is 2.35. The monoisotopic (exact) mass is 412 g/mol. The summed E-state index contributed by atoms with van der Waals surface area (Å²) in [4.78, 5) is 33.6. The van der Waals surface area contributed by atoms with Crippen molar-refractivity contribution in [2.24, 2.45) is 5.92 Å². The highest BCUT2D eigenvalue weighted by Gasteiger charge is 2.35. The van der Waals surface area contributed by atoms with Crippen molar-refractivity contribution in [2.45, 2.75) is 45.4 Å². The van der Waals surface area contributed by atoms with Crippen LogP contribution in [0, 0.1) is 5.92 Å². The molecule has 1 N–H and O–H groups in total. The average molecular weight is 413 g/mol. The Hall–Kier alpha value is -2.45. The van der Waals surface area contributed by atoms with Crippen molar-refractivity contribution in [3.63, 3.8) is 0 Å². The molecule has 162 valence electrons. The zero-order valence-electron chi connectivity index (χ0n) is 18.2. The van der Waals surface area contributed by atoms with Gasteiger partial charge in [-0.2, -0.15) is 0 Å². The number of aromatic nitrogens is 3. The Morgan fingerprint density at radius 2 is 2.13 bits per heavy atom. The Bertz CT molecular complexity index is 965. The van der Waals surface area contributed by atoms with Crippen LogP contribution >= 0.6 is 0 Å². The van der Waals surface area contributed by atoms with E-state index in [0.717, 1.165) is 56.1 Å². The van der Waals surface area contributed by atoms with E-state index in [9.17, 15) is 9.59 Å². The van der Waals surface area contributed by atoms with Crippen LogP contribution in [-0.2, 0) is 31.0 Å². The van der Waals surface area contributed by atoms with Gasteiger partial charge in [-0.05, 0) is 32.4 Å². The molecule has 4 rings (SSSR count). The SMILES string of the molecule is CCn1cnc(CN2C[C@@H]3C[C@H](C2)c2ccc(CN(C)CC(=O)NC)c(=O)n2C3)c1. The molecule has 2 aromatic heterocycles. The minimum atomic E-state index is -0.0473. The average Bonchev–Trinajstić information content (AvgIpc) is 3.17. The molecule has 8 heteroatoms. The number of carbonyl (C=O) groups is 1. The summed E-state index contributed by atoms with van der Waals surface area (Å²) in [7, 11) is 3.49. The fraction of sp³-hybridized carbons (Fsp3) is 0.591. The number of rotatable bonds is 7. The Morgan fingerprint density at radius 1 is 1.30 bits per heavy atom. The van der Waals surface area contributed by atoms with Crippen molar-refractivity contribution < 1.29 is 4.79 Å². The number of hydrogen-bond donors (Lipinski definition) is 1. The highest BCUT2D eigenvalue weighted by atomic mass is 16.2. The third-order valence-corrected chi connectivity index (χ3v) is 6.33. The van der Waals surface area contributed by atoms with Crippen molar-refractivity contribution in [1.29, 1.82) is 0 Å². The minimum Gasteiger partial charge on any atom is -0.358 e. The van der Waals surface area contributed by atoms with E-state index in [1.807, 2.05) is 28.9 Å². The molecule has 30 heavy (non-hydrogen) atoms. The van der Waals surface area contributed by atoms with E-state index in [4.69, 9.17) is 0 Å². The summed E-state index contributed by atoms with van der Waals surface area (Å²) in [5.41, 5.74) is 3.12. The predicted octanol–water partition coefficient (Wildman–Crippen LogP) is 0.862. The smallest absolute Gasteiger partial charge is 0.255 e. The van der Waals surface area contributed by atoms with E-state index in [2.05, 4.69) is 39.0 Å². The highest BCUT2D eigenvalue weighted by molar-refractivity contribution is 5.77. The zero-order valence-corrected chi connectivity index (χ0v) is 18.2. The number of nitrogens with one attached hydrogen (secondary N) is 1. The van der Waals surface area contributed by atoms with Crippen LogP contribution in [-0.4, -0.2) is 63.6 Å². The maximum Gasteiger partial charge on any atom is 0.255 e. The van der Waals surface area contributed by atoms with Crippen molar-refractivity contribution in [3.8, 4) is 0 Å². The first-order valence-electron chi connectivity index (χ1n) is 10.8. The summed E-state index contributed by atoms with van der Waals surface area (Å²) < 4.78 is 4.10. The molecule has 2 aliphatic rings. The topological polar surface area (TPSA) is 75.4 Å². The molecular weight excluding hydrogens is 380 g/mol. The van der Waals surface area contributed by atoms with Gasteiger partial charge < -0.3 is 14.5 Å². The summed E-state index contributed by atoms with van der Waals surface area (Å²) in [6.45, 7) is 7.43. The van der Waals surface area contributed by atoms with E-state index in [-0.39, 0.29) is 18.0 Å². The first-order valence-corrected chi connectivity index (χ1v) is 10.8. The second-order valence-electron chi connectivity index (χ2n) is 8.73. The molecule has 0 saturated carbocycles. The van der Waals surface area contributed by atoms with Crippen molar-refractivity contribution in [3.05, 3.63) is 52.0 Å². The van der Waals surface area contributed by atoms with Gasteiger partial charge in [0, 0.05) is 69.7 Å². The normalized spacial score (nSPS) is 20.9. The van der Waals surface area contributed by atoms with Crippen molar-refractivity contribution in [1.82, 2.24) is 29.2 Å². The number of aryl methyl sites for hydroxylation is 1.